The Bertz CT molecular complexity index is 912. The summed E-state index contributed by atoms with van der Waals surface area (Å²) in [6.45, 7) is 3.77. The van der Waals surface area contributed by atoms with E-state index in [1.807, 2.05) is 56.3 Å². The van der Waals surface area contributed by atoms with Gasteiger partial charge < -0.3 is 10.6 Å². The minimum Gasteiger partial charge on any atom is -0.345 e. The van der Waals surface area contributed by atoms with Crippen LogP contribution in [0, 0.1) is 13.8 Å². The maximum atomic E-state index is 12.1. The van der Waals surface area contributed by atoms with E-state index in [1.165, 1.54) is 4.68 Å². The molecule has 0 spiro atoms. The van der Waals surface area contributed by atoms with E-state index in [1.54, 1.807) is 0 Å². The number of benzene rings is 2. The molecule has 25 heavy (non-hydrogen) atoms. The summed E-state index contributed by atoms with van der Waals surface area (Å²) in [7, 11) is 0. The molecule has 0 saturated carbocycles. The summed E-state index contributed by atoms with van der Waals surface area (Å²) in [5.74, 6) is -0.568. The monoisotopic (exact) mass is 337 g/mol. The molecule has 0 aliphatic rings. The molecule has 3 rings (SSSR count). The van der Waals surface area contributed by atoms with Crippen molar-refractivity contribution in [1.82, 2.24) is 20.3 Å². The zero-order chi connectivity index (χ0) is 17.8. The number of carbonyl (C=O) groups is 2. The zero-order valence-electron chi connectivity index (χ0n) is 14.1. The van der Waals surface area contributed by atoms with Gasteiger partial charge >= 0.3 is 0 Å². The number of anilines is 1. The van der Waals surface area contributed by atoms with Crippen molar-refractivity contribution >= 4 is 28.5 Å². The van der Waals surface area contributed by atoms with Crippen LogP contribution in [0.25, 0.3) is 11.0 Å². The second-order valence-electron chi connectivity index (χ2n) is 5.83. The maximum Gasteiger partial charge on any atom is 0.243 e. The number of aryl methyl sites for hydroxylation is 2. The van der Waals surface area contributed by atoms with Gasteiger partial charge in [-0.1, -0.05) is 35.5 Å². The topological polar surface area (TPSA) is 88.9 Å². The first-order valence-corrected chi connectivity index (χ1v) is 7.95. The summed E-state index contributed by atoms with van der Waals surface area (Å²) < 4.78 is 1.51. The Labute approximate surface area is 145 Å². The number of carbonyl (C=O) groups excluding carboxylic acids is 2. The van der Waals surface area contributed by atoms with E-state index in [0.717, 1.165) is 27.8 Å². The highest BCUT2D eigenvalue weighted by atomic mass is 16.2. The minimum atomic E-state index is -0.299. The van der Waals surface area contributed by atoms with Crippen LogP contribution in [-0.4, -0.2) is 33.4 Å². The standard InChI is InChI=1S/C18H19N5O2/c1-12-6-5-7-13(2)18(12)20-16(24)10-19-17(25)11-23-15-9-4-3-8-14(15)21-22-23/h3-9H,10-11H2,1-2H3,(H,19,25)(H,20,24). The van der Waals surface area contributed by atoms with E-state index >= 15 is 0 Å². The number of hydrogen-bond acceptors (Lipinski definition) is 4. The van der Waals surface area contributed by atoms with Gasteiger partial charge in [0.15, 0.2) is 0 Å². The molecule has 0 fully saturated rings. The third-order valence-corrected chi connectivity index (χ3v) is 3.91. The number of fused-ring (bicyclic) bond motifs is 1. The fourth-order valence-corrected chi connectivity index (χ4v) is 2.60. The largest absolute Gasteiger partial charge is 0.345 e. The SMILES string of the molecule is Cc1cccc(C)c1NC(=O)CNC(=O)Cn1nnc2ccccc21. The number of aromatic nitrogens is 3. The Hall–Kier alpha value is -3.22. The van der Waals surface area contributed by atoms with E-state index in [9.17, 15) is 9.59 Å². The van der Waals surface area contributed by atoms with Crippen molar-refractivity contribution in [3.8, 4) is 0 Å². The van der Waals surface area contributed by atoms with Crippen LogP contribution in [0.3, 0.4) is 0 Å². The van der Waals surface area contributed by atoms with Gasteiger partial charge in [-0.05, 0) is 37.1 Å². The highest BCUT2D eigenvalue weighted by Crippen LogP contribution is 2.19. The molecule has 1 aromatic heterocycles. The van der Waals surface area contributed by atoms with E-state index < -0.39 is 0 Å². The lowest BCUT2D eigenvalue weighted by atomic mass is 10.1. The van der Waals surface area contributed by atoms with Crippen molar-refractivity contribution in [2.45, 2.75) is 20.4 Å². The fourth-order valence-electron chi connectivity index (χ4n) is 2.60. The van der Waals surface area contributed by atoms with Crippen LogP contribution in [-0.2, 0) is 16.1 Å². The van der Waals surface area contributed by atoms with Crippen molar-refractivity contribution in [3.05, 3.63) is 53.6 Å². The molecule has 0 radical (unpaired) electrons. The molecule has 2 N–H and O–H groups in total. The van der Waals surface area contributed by atoms with E-state index in [-0.39, 0.29) is 24.9 Å². The van der Waals surface area contributed by atoms with Crippen molar-refractivity contribution in [1.29, 1.82) is 0 Å². The Kier molecular flexibility index (Phi) is 4.74. The maximum absolute atomic E-state index is 12.1. The first kappa shape index (κ1) is 16.6. The van der Waals surface area contributed by atoms with Crippen LogP contribution >= 0.6 is 0 Å². The molecule has 0 saturated heterocycles. The fraction of sp³-hybridized carbons (Fsp3) is 0.222. The summed E-state index contributed by atoms with van der Waals surface area (Å²) in [4.78, 5) is 24.1. The van der Waals surface area contributed by atoms with E-state index in [0.29, 0.717) is 0 Å². The molecular weight excluding hydrogens is 318 g/mol. The molecule has 0 aliphatic heterocycles. The molecule has 0 aliphatic carbocycles. The van der Waals surface area contributed by atoms with Crippen molar-refractivity contribution in [2.24, 2.45) is 0 Å². The number of hydrogen-bond donors (Lipinski definition) is 2. The van der Waals surface area contributed by atoms with Gasteiger partial charge in [0.25, 0.3) is 0 Å². The highest BCUT2D eigenvalue weighted by molar-refractivity contribution is 5.95. The zero-order valence-corrected chi connectivity index (χ0v) is 14.1. The lowest BCUT2D eigenvalue weighted by Gasteiger charge is -2.12. The third-order valence-electron chi connectivity index (χ3n) is 3.91. The minimum absolute atomic E-state index is 0.0111. The lowest BCUT2D eigenvalue weighted by molar-refractivity contribution is -0.124. The lowest BCUT2D eigenvalue weighted by Crippen LogP contribution is -2.35. The second-order valence-corrected chi connectivity index (χ2v) is 5.83. The predicted octanol–water partition coefficient (Wildman–Crippen LogP) is 1.80. The van der Waals surface area contributed by atoms with Gasteiger partial charge in [0, 0.05) is 5.69 Å². The molecule has 3 aromatic rings. The predicted molar refractivity (Wildman–Crippen MR) is 95.1 cm³/mol. The Morgan fingerprint density at radius 3 is 2.48 bits per heavy atom. The van der Waals surface area contributed by atoms with Crippen LogP contribution in [0.15, 0.2) is 42.5 Å². The molecular formula is C18H19N5O2. The van der Waals surface area contributed by atoms with Crippen LogP contribution in [0.4, 0.5) is 5.69 Å². The molecule has 0 unspecified atom stereocenters. The van der Waals surface area contributed by atoms with Gasteiger partial charge in [0.2, 0.25) is 11.8 Å². The van der Waals surface area contributed by atoms with Crippen molar-refractivity contribution in [2.75, 3.05) is 11.9 Å². The highest BCUT2D eigenvalue weighted by Gasteiger charge is 2.11. The summed E-state index contributed by atoms with van der Waals surface area (Å²) in [6, 6.07) is 13.2. The van der Waals surface area contributed by atoms with Gasteiger partial charge in [-0.2, -0.15) is 0 Å². The number of rotatable bonds is 5. The molecule has 7 heteroatoms. The molecule has 2 amide bonds. The second kappa shape index (κ2) is 7.12. The summed E-state index contributed by atoms with van der Waals surface area (Å²) in [6.07, 6.45) is 0. The molecule has 2 aromatic carbocycles. The normalized spacial score (nSPS) is 10.6. The van der Waals surface area contributed by atoms with E-state index in [2.05, 4.69) is 20.9 Å². The third kappa shape index (κ3) is 3.82. The van der Waals surface area contributed by atoms with Gasteiger partial charge in [-0.25, -0.2) is 4.68 Å². The van der Waals surface area contributed by atoms with Crippen LogP contribution in [0.5, 0.6) is 0 Å². The number of nitrogens with zero attached hydrogens (tertiary/aromatic N) is 3. The van der Waals surface area contributed by atoms with E-state index in [4.69, 9.17) is 0 Å². The van der Waals surface area contributed by atoms with Crippen LogP contribution in [0.1, 0.15) is 11.1 Å². The van der Waals surface area contributed by atoms with Gasteiger partial charge in [0.1, 0.15) is 12.1 Å². The smallest absolute Gasteiger partial charge is 0.243 e. The van der Waals surface area contributed by atoms with Crippen molar-refractivity contribution in [3.63, 3.8) is 0 Å². The molecule has 7 nitrogen and oxygen atoms in total. The average Bonchev–Trinajstić information content (AvgIpc) is 3.00. The Balaban J connectivity index is 1.56. The number of nitrogens with one attached hydrogen (secondary N) is 2. The molecule has 0 atom stereocenters. The molecule has 0 bridgehead atoms. The summed E-state index contributed by atoms with van der Waals surface area (Å²) in [5, 5.41) is 13.4. The molecule has 1 heterocycles. The summed E-state index contributed by atoms with van der Waals surface area (Å²) in [5.41, 5.74) is 4.24. The Morgan fingerprint density at radius 1 is 1.00 bits per heavy atom. The first-order valence-electron chi connectivity index (χ1n) is 7.95. The van der Waals surface area contributed by atoms with Gasteiger partial charge in [-0.15, -0.1) is 5.10 Å². The quantitative estimate of drug-likeness (QED) is 0.743. The number of amides is 2. The molecule has 128 valence electrons. The number of para-hydroxylation sites is 2. The summed E-state index contributed by atoms with van der Waals surface area (Å²) >= 11 is 0. The van der Waals surface area contributed by atoms with Gasteiger partial charge in [0.05, 0.1) is 12.1 Å². The van der Waals surface area contributed by atoms with Crippen molar-refractivity contribution < 1.29 is 9.59 Å². The first-order chi connectivity index (χ1) is 12.0. The average molecular weight is 337 g/mol. The van der Waals surface area contributed by atoms with Gasteiger partial charge in [-0.3, -0.25) is 9.59 Å². The Morgan fingerprint density at radius 2 is 1.72 bits per heavy atom. The van der Waals surface area contributed by atoms with Crippen LogP contribution < -0.4 is 10.6 Å². The van der Waals surface area contributed by atoms with Crippen LogP contribution in [0.2, 0.25) is 0 Å².